The molecule has 2 aliphatic heterocycles. The zero-order valence-corrected chi connectivity index (χ0v) is 19.4. The van der Waals surface area contributed by atoms with E-state index in [0.717, 1.165) is 42.0 Å². The molecule has 2 aromatic heterocycles. The largest absolute Gasteiger partial charge is 0.333 e. The summed E-state index contributed by atoms with van der Waals surface area (Å²) in [7, 11) is 0. The number of nitrogens with zero attached hydrogens (tertiary/aromatic N) is 3. The minimum atomic E-state index is -0.0181. The van der Waals surface area contributed by atoms with Gasteiger partial charge in [-0.15, -0.1) is 0 Å². The van der Waals surface area contributed by atoms with Gasteiger partial charge >= 0.3 is 6.03 Å². The Morgan fingerprint density at radius 3 is 2.63 bits per heavy atom. The van der Waals surface area contributed by atoms with Crippen molar-refractivity contribution >= 4 is 6.03 Å². The molecule has 4 heterocycles. The Hall–Kier alpha value is -3.97. The molecule has 2 atom stereocenters. The van der Waals surface area contributed by atoms with E-state index in [1.54, 1.807) is 12.4 Å². The Kier molecular flexibility index (Phi) is 5.76. The summed E-state index contributed by atoms with van der Waals surface area (Å²) in [5.74, 6) is 0.226. The molecule has 176 valence electrons. The minimum absolute atomic E-state index is 0.0181. The predicted molar refractivity (Wildman–Crippen MR) is 136 cm³/mol. The van der Waals surface area contributed by atoms with Crippen LogP contribution in [0.15, 0.2) is 79.1 Å². The topological polar surface area (TPSA) is 85.9 Å². The number of aromatic nitrogens is 3. The van der Waals surface area contributed by atoms with E-state index in [2.05, 4.69) is 74.3 Å². The molecular formula is C28H28N6O. The number of hydrogen-bond acceptors (Lipinski definition) is 4. The summed E-state index contributed by atoms with van der Waals surface area (Å²) < 4.78 is 0. The number of hydrogen-bond donors (Lipinski definition) is 3. The third-order valence-corrected chi connectivity index (χ3v) is 7.12. The highest BCUT2D eigenvalue weighted by atomic mass is 16.2. The maximum Gasteiger partial charge on any atom is 0.317 e. The Labute approximate surface area is 204 Å². The first kappa shape index (κ1) is 21.6. The maximum atomic E-state index is 13.3. The molecule has 1 fully saturated rings. The van der Waals surface area contributed by atoms with Crippen molar-refractivity contribution in [1.29, 1.82) is 0 Å². The smallest absolute Gasteiger partial charge is 0.317 e. The van der Waals surface area contributed by atoms with Crippen LogP contribution in [0.3, 0.4) is 0 Å². The van der Waals surface area contributed by atoms with E-state index >= 15 is 0 Å². The van der Waals surface area contributed by atoms with Gasteiger partial charge in [0.2, 0.25) is 0 Å². The van der Waals surface area contributed by atoms with Crippen molar-refractivity contribution in [3.63, 3.8) is 0 Å². The Morgan fingerprint density at radius 2 is 1.77 bits per heavy atom. The number of rotatable bonds is 4. The molecule has 1 saturated heterocycles. The van der Waals surface area contributed by atoms with Gasteiger partial charge in [0.05, 0.1) is 18.3 Å². The molecule has 0 radical (unpaired) electrons. The molecule has 0 saturated carbocycles. The van der Waals surface area contributed by atoms with E-state index in [9.17, 15) is 4.79 Å². The standard InChI is InChI=1S/C28H28N6O/c35-28(34-14-11-25-24(18-34)27(33-32-25)20-9-12-29-13-10-20)31-26-17-30-16-23(26)22-8-4-7-21(15-22)19-5-2-1-3-6-19/h1-10,12-13,15,23,26,30H,11,14,16-18H2,(H,31,35)(H,32,33)/t23-,26+/m1/s1. The third-order valence-electron chi connectivity index (χ3n) is 7.12. The van der Waals surface area contributed by atoms with Crippen molar-refractivity contribution < 1.29 is 4.79 Å². The molecule has 0 bridgehead atoms. The number of carbonyl (C=O) groups excluding carboxylic acids is 1. The van der Waals surface area contributed by atoms with E-state index in [-0.39, 0.29) is 18.0 Å². The van der Waals surface area contributed by atoms with Gasteiger partial charge in [0.25, 0.3) is 0 Å². The number of H-pyrrole nitrogens is 1. The minimum Gasteiger partial charge on any atom is -0.333 e. The molecule has 7 nitrogen and oxygen atoms in total. The van der Waals surface area contributed by atoms with Crippen LogP contribution in [-0.2, 0) is 13.0 Å². The summed E-state index contributed by atoms with van der Waals surface area (Å²) in [5, 5.41) is 14.5. The molecule has 0 spiro atoms. The zero-order valence-electron chi connectivity index (χ0n) is 19.4. The molecule has 7 heteroatoms. The monoisotopic (exact) mass is 464 g/mol. The summed E-state index contributed by atoms with van der Waals surface area (Å²) >= 11 is 0. The number of amides is 2. The second kappa shape index (κ2) is 9.35. The van der Waals surface area contributed by atoms with Crippen molar-refractivity contribution in [3.8, 4) is 22.4 Å². The van der Waals surface area contributed by atoms with Gasteiger partial charge in [0.15, 0.2) is 0 Å². The second-order valence-corrected chi connectivity index (χ2v) is 9.25. The lowest BCUT2D eigenvalue weighted by Gasteiger charge is -2.30. The fourth-order valence-corrected chi connectivity index (χ4v) is 5.23. The Balaban J connectivity index is 1.17. The van der Waals surface area contributed by atoms with Gasteiger partial charge in [-0.05, 0) is 28.8 Å². The van der Waals surface area contributed by atoms with Gasteiger partial charge in [0, 0.05) is 61.2 Å². The van der Waals surface area contributed by atoms with Gasteiger partial charge in [-0.25, -0.2) is 4.79 Å². The van der Waals surface area contributed by atoms with Crippen molar-refractivity contribution in [3.05, 3.63) is 95.9 Å². The van der Waals surface area contributed by atoms with Crippen LogP contribution < -0.4 is 10.6 Å². The lowest BCUT2D eigenvalue weighted by molar-refractivity contribution is 0.188. The number of fused-ring (bicyclic) bond motifs is 1. The first-order valence-electron chi connectivity index (χ1n) is 12.1. The van der Waals surface area contributed by atoms with Crippen LogP contribution in [0.1, 0.15) is 22.7 Å². The molecule has 3 N–H and O–H groups in total. The summed E-state index contributed by atoms with van der Waals surface area (Å²) in [6.07, 6.45) is 4.31. The van der Waals surface area contributed by atoms with Crippen LogP contribution in [0.2, 0.25) is 0 Å². The molecule has 0 aliphatic carbocycles. The normalized spacial score (nSPS) is 19.4. The molecule has 2 aliphatic rings. The number of nitrogens with one attached hydrogen (secondary N) is 3. The lowest BCUT2D eigenvalue weighted by Crippen LogP contribution is -2.48. The zero-order chi connectivity index (χ0) is 23.6. The van der Waals surface area contributed by atoms with Gasteiger partial charge in [0.1, 0.15) is 0 Å². The summed E-state index contributed by atoms with van der Waals surface area (Å²) in [6.45, 7) is 2.83. The van der Waals surface area contributed by atoms with E-state index in [0.29, 0.717) is 13.1 Å². The maximum absolute atomic E-state index is 13.3. The molecule has 2 aromatic carbocycles. The number of aromatic amines is 1. The van der Waals surface area contributed by atoms with Gasteiger partial charge in [-0.1, -0.05) is 54.6 Å². The highest BCUT2D eigenvalue weighted by molar-refractivity contribution is 5.76. The average Bonchev–Trinajstić information content (AvgIpc) is 3.56. The highest BCUT2D eigenvalue weighted by Crippen LogP contribution is 2.30. The first-order chi connectivity index (χ1) is 17.3. The first-order valence-corrected chi connectivity index (χ1v) is 12.1. The van der Waals surface area contributed by atoms with E-state index < -0.39 is 0 Å². The highest BCUT2D eigenvalue weighted by Gasteiger charge is 2.32. The lowest BCUT2D eigenvalue weighted by atomic mass is 9.91. The van der Waals surface area contributed by atoms with Gasteiger partial charge in [-0.3, -0.25) is 10.1 Å². The van der Waals surface area contributed by atoms with Crippen molar-refractivity contribution in [2.45, 2.75) is 24.9 Å². The predicted octanol–water partition coefficient (Wildman–Crippen LogP) is 3.96. The molecular weight excluding hydrogens is 436 g/mol. The summed E-state index contributed by atoms with van der Waals surface area (Å²) in [5.41, 5.74) is 7.77. The van der Waals surface area contributed by atoms with Crippen LogP contribution in [0, 0.1) is 0 Å². The molecule has 4 aromatic rings. The van der Waals surface area contributed by atoms with Crippen LogP contribution >= 0.6 is 0 Å². The fraction of sp³-hybridized carbons (Fsp3) is 0.250. The molecule has 2 amide bonds. The number of pyridine rings is 1. The van der Waals surface area contributed by atoms with Crippen LogP contribution in [0.5, 0.6) is 0 Å². The van der Waals surface area contributed by atoms with Crippen molar-refractivity contribution in [2.75, 3.05) is 19.6 Å². The van der Waals surface area contributed by atoms with Gasteiger partial charge in [-0.2, -0.15) is 5.10 Å². The quantitative estimate of drug-likeness (QED) is 0.427. The molecule has 6 rings (SSSR count). The second-order valence-electron chi connectivity index (χ2n) is 9.25. The van der Waals surface area contributed by atoms with Crippen LogP contribution in [0.25, 0.3) is 22.4 Å². The Bertz CT molecular complexity index is 1320. The SMILES string of the molecule is O=C(N[C@H]1CNC[C@@H]1c1cccc(-c2ccccc2)c1)N1CCc2[nH]nc(-c3ccncc3)c2C1. The molecule has 0 unspecified atom stereocenters. The van der Waals surface area contributed by atoms with E-state index in [1.807, 2.05) is 23.1 Å². The fourth-order valence-electron chi connectivity index (χ4n) is 5.23. The third kappa shape index (κ3) is 4.31. The molecule has 35 heavy (non-hydrogen) atoms. The van der Waals surface area contributed by atoms with Crippen LogP contribution in [-0.4, -0.2) is 51.8 Å². The van der Waals surface area contributed by atoms with Gasteiger partial charge < -0.3 is 15.5 Å². The van der Waals surface area contributed by atoms with E-state index in [4.69, 9.17) is 0 Å². The number of urea groups is 1. The Morgan fingerprint density at radius 1 is 0.943 bits per heavy atom. The number of benzene rings is 2. The number of carbonyl (C=O) groups is 1. The van der Waals surface area contributed by atoms with Crippen molar-refractivity contribution in [1.82, 2.24) is 30.7 Å². The van der Waals surface area contributed by atoms with Crippen molar-refractivity contribution in [2.24, 2.45) is 0 Å². The summed E-state index contributed by atoms with van der Waals surface area (Å²) in [4.78, 5) is 19.4. The van der Waals surface area contributed by atoms with Crippen LogP contribution in [0.4, 0.5) is 4.79 Å². The summed E-state index contributed by atoms with van der Waals surface area (Å²) in [6, 6.07) is 23.0. The average molecular weight is 465 g/mol. The van der Waals surface area contributed by atoms with E-state index in [1.165, 1.54) is 16.7 Å².